The van der Waals surface area contributed by atoms with Crippen LogP contribution < -0.4 is 0 Å². The minimum atomic E-state index is -0.0449. The largest absolute Gasteiger partial charge is 0.466 e. The van der Waals surface area contributed by atoms with Crippen LogP contribution in [0.1, 0.15) is 58.3 Å². The summed E-state index contributed by atoms with van der Waals surface area (Å²) in [5.41, 5.74) is 0.340. The second kappa shape index (κ2) is 6.72. The maximum absolute atomic E-state index is 11.4. The van der Waals surface area contributed by atoms with Crippen LogP contribution in [-0.4, -0.2) is 12.6 Å². The minimum absolute atomic E-state index is 0.0449. The summed E-state index contributed by atoms with van der Waals surface area (Å²) in [6.07, 6.45) is 11.0. The molecule has 1 aliphatic rings. The van der Waals surface area contributed by atoms with Gasteiger partial charge in [0.2, 0.25) is 0 Å². The lowest BCUT2D eigenvalue weighted by Gasteiger charge is -2.36. The average molecular weight is 224 g/mol. The first-order valence-electron chi connectivity index (χ1n) is 6.49. The predicted octanol–water partition coefficient (Wildman–Crippen LogP) is 3.86. The van der Waals surface area contributed by atoms with Crippen molar-refractivity contribution in [2.45, 2.75) is 58.3 Å². The molecule has 2 heteroatoms. The molecule has 0 spiro atoms. The Morgan fingerprint density at radius 3 is 2.62 bits per heavy atom. The van der Waals surface area contributed by atoms with Gasteiger partial charge in [-0.25, -0.2) is 0 Å². The number of esters is 1. The third-order valence-corrected chi connectivity index (χ3v) is 3.66. The molecule has 1 rings (SSSR count). The zero-order valence-corrected chi connectivity index (χ0v) is 10.5. The second-order valence-corrected chi connectivity index (χ2v) is 4.86. The van der Waals surface area contributed by atoms with Crippen LogP contribution in [0, 0.1) is 5.41 Å². The smallest absolute Gasteiger partial charge is 0.305 e. The number of ether oxygens (including phenoxy) is 1. The van der Waals surface area contributed by atoms with Crippen molar-refractivity contribution in [3.63, 3.8) is 0 Å². The summed E-state index contributed by atoms with van der Waals surface area (Å²) in [4.78, 5) is 11.4. The fourth-order valence-electron chi connectivity index (χ4n) is 2.76. The van der Waals surface area contributed by atoms with Crippen LogP contribution in [0.2, 0.25) is 0 Å². The minimum Gasteiger partial charge on any atom is -0.466 e. The van der Waals surface area contributed by atoms with Crippen molar-refractivity contribution < 1.29 is 9.53 Å². The molecule has 0 aromatic carbocycles. The van der Waals surface area contributed by atoms with E-state index in [1.54, 1.807) is 0 Å². The van der Waals surface area contributed by atoms with Crippen molar-refractivity contribution >= 4 is 5.97 Å². The maximum Gasteiger partial charge on any atom is 0.305 e. The Morgan fingerprint density at radius 2 is 2.06 bits per heavy atom. The summed E-state index contributed by atoms with van der Waals surface area (Å²) in [5, 5.41) is 0. The highest BCUT2D eigenvalue weighted by Gasteiger charge is 2.31. The highest BCUT2D eigenvalue weighted by Crippen LogP contribution is 2.43. The molecule has 0 heterocycles. The first kappa shape index (κ1) is 13.3. The summed E-state index contributed by atoms with van der Waals surface area (Å²) >= 11 is 0. The molecular weight excluding hydrogens is 200 g/mol. The lowest BCUT2D eigenvalue weighted by atomic mass is 9.69. The van der Waals surface area contributed by atoms with Gasteiger partial charge in [-0.05, 0) is 38.0 Å². The number of rotatable bonds is 6. The molecule has 92 valence electrons. The monoisotopic (exact) mass is 224 g/mol. The van der Waals surface area contributed by atoms with Gasteiger partial charge >= 0.3 is 5.97 Å². The number of carbonyl (C=O) groups excluding carboxylic acids is 1. The summed E-state index contributed by atoms with van der Waals surface area (Å²) in [6, 6.07) is 0. The predicted molar refractivity (Wildman–Crippen MR) is 66.2 cm³/mol. The lowest BCUT2D eigenvalue weighted by Crippen LogP contribution is -2.24. The zero-order valence-electron chi connectivity index (χ0n) is 10.5. The Balaban J connectivity index is 2.43. The Kier molecular flexibility index (Phi) is 5.58. The van der Waals surface area contributed by atoms with Crippen LogP contribution in [0.5, 0.6) is 0 Å². The van der Waals surface area contributed by atoms with E-state index in [0.29, 0.717) is 18.4 Å². The Bertz CT molecular complexity index is 227. The van der Waals surface area contributed by atoms with E-state index in [2.05, 4.69) is 6.58 Å². The van der Waals surface area contributed by atoms with Crippen molar-refractivity contribution in [3.05, 3.63) is 12.7 Å². The first-order chi connectivity index (χ1) is 7.72. The molecule has 0 radical (unpaired) electrons. The molecule has 1 aliphatic carbocycles. The summed E-state index contributed by atoms with van der Waals surface area (Å²) in [7, 11) is 0. The molecule has 1 fully saturated rings. The van der Waals surface area contributed by atoms with Gasteiger partial charge in [0, 0.05) is 6.42 Å². The first-order valence-corrected chi connectivity index (χ1v) is 6.49. The van der Waals surface area contributed by atoms with E-state index in [0.717, 1.165) is 12.8 Å². The van der Waals surface area contributed by atoms with E-state index < -0.39 is 0 Å². The normalized spacial score (nSPS) is 19.1. The van der Waals surface area contributed by atoms with Gasteiger partial charge in [0.1, 0.15) is 0 Å². The Morgan fingerprint density at radius 1 is 1.38 bits per heavy atom. The van der Waals surface area contributed by atoms with Gasteiger partial charge in [0.05, 0.1) is 6.61 Å². The van der Waals surface area contributed by atoms with Gasteiger partial charge in [0.25, 0.3) is 0 Å². The van der Waals surface area contributed by atoms with Gasteiger partial charge in [-0.3, -0.25) is 4.79 Å². The molecular formula is C14H24O2. The van der Waals surface area contributed by atoms with E-state index in [-0.39, 0.29) is 5.97 Å². The number of carbonyl (C=O) groups is 1. The highest BCUT2D eigenvalue weighted by atomic mass is 16.5. The van der Waals surface area contributed by atoms with Crippen molar-refractivity contribution in [1.29, 1.82) is 0 Å². The van der Waals surface area contributed by atoms with Gasteiger partial charge in [-0.2, -0.15) is 0 Å². The topological polar surface area (TPSA) is 26.3 Å². The van der Waals surface area contributed by atoms with E-state index in [1.807, 2.05) is 13.0 Å². The standard InChI is InChI=1S/C14H24O2/c1-3-9-14(10-6-5-7-11-14)12-8-13(15)16-4-2/h3H,1,4-12H2,2H3. The molecule has 0 N–H and O–H groups in total. The molecule has 0 aromatic rings. The van der Waals surface area contributed by atoms with Crippen molar-refractivity contribution in [1.82, 2.24) is 0 Å². The molecule has 0 bridgehead atoms. The quantitative estimate of drug-likeness (QED) is 0.506. The third kappa shape index (κ3) is 3.99. The van der Waals surface area contributed by atoms with E-state index in [4.69, 9.17) is 4.74 Å². The van der Waals surface area contributed by atoms with Gasteiger partial charge in [0.15, 0.2) is 0 Å². The van der Waals surface area contributed by atoms with Gasteiger partial charge in [-0.1, -0.05) is 25.3 Å². The molecule has 0 unspecified atom stereocenters. The average Bonchev–Trinajstić information content (AvgIpc) is 2.29. The van der Waals surface area contributed by atoms with E-state index >= 15 is 0 Å². The fourth-order valence-corrected chi connectivity index (χ4v) is 2.76. The molecule has 0 saturated heterocycles. The molecule has 1 saturated carbocycles. The molecule has 0 aliphatic heterocycles. The third-order valence-electron chi connectivity index (χ3n) is 3.66. The summed E-state index contributed by atoms with van der Waals surface area (Å²) < 4.78 is 4.99. The van der Waals surface area contributed by atoms with Crippen LogP contribution in [0.3, 0.4) is 0 Å². The van der Waals surface area contributed by atoms with Crippen molar-refractivity contribution in [2.24, 2.45) is 5.41 Å². The van der Waals surface area contributed by atoms with E-state index in [1.165, 1.54) is 32.1 Å². The van der Waals surface area contributed by atoms with Gasteiger partial charge < -0.3 is 4.74 Å². The number of hydrogen-bond donors (Lipinski definition) is 0. The van der Waals surface area contributed by atoms with Gasteiger partial charge in [-0.15, -0.1) is 6.58 Å². The highest BCUT2D eigenvalue weighted by molar-refractivity contribution is 5.69. The fraction of sp³-hybridized carbons (Fsp3) is 0.786. The number of hydrogen-bond acceptors (Lipinski definition) is 2. The van der Waals surface area contributed by atoms with Crippen molar-refractivity contribution in [2.75, 3.05) is 6.61 Å². The van der Waals surface area contributed by atoms with Crippen LogP contribution in [0.4, 0.5) is 0 Å². The molecule has 0 amide bonds. The molecule has 2 nitrogen and oxygen atoms in total. The lowest BCUT2D eigenvalue weighted by molar-refractivity contribution is -0.144. The second-order valence-electron chi connectivity index (χ2n) is 4.86. The van der Waals surface area contributed by atoms with Crippen LogP contribution in [-0.2, 0) is 9.53 Å². The summed E-state index contributed by atoms with van der Waals surface area (Å²) in [6.45, 7) is 6.20. The SMILES string of the molecule is C=CCC1(CCC(=O)OCC)CCCCC1. The van der Waals surface area contributed by atoms with Crippen LogP contribution >= 0.6 is 0 Å². The number of allylic oxidation sites excluding steroid dienone is 1. The molecule has 0 aromatic heterocycles. The molecule has 0 atom stereocenters. The van der Waals surface area contributed by atoms with Crippen LogP contribution in [0.15, 0.2) is 12.7 Å². The zero-order chi connectivity index (χ0) is 11.9. The maximum atomic E-state index is 11.4. The summed E-state index contributed by atoms with van der Waals surface area (Å²) in [5.74, 6) is -0.0449. The van der Waals surface area contributed by atoms with Crippen LogP contribution in [0.25, 0.3) is 0 Å². The Hall–Kier alpha value is -0.790. The van der Waals surface area contributed by atoms with E-state index in [9.17, 15) is 4.79 Å². The Labute approximate surface area is 99.1 Å². The van der Waals surface area contributed by atoms with Crippen molar-refractivity contribution in [3.8, 4) is 0 Å². The molecule has 16 heavy (non-hydrogen) atoms.